The van der Waals surface area contributed by atoms with E-state index in [1.165, 1.54) is 14.2 Å². The van der Waals surface area contributed by atoms with Crippen LogP contribution in [-0.4, -0.2) is 25.1 Å². The molecule has 98 valence electrons. The van der Waals surface area contributed by atoms with E-state index in [1.807, 2.05) is 0 Å². The lowest BCUT2D eigenvalue weighted by Gasteiger charge is -2.08. The molecule has 1 rings (SSSR count). The zero-order chi connectivity index (χ0) is 13.7. The van der Waals surface area contributed by atoms with E-state index in [-0.39, 0.29) is 23.4 Å². The molecule has 0 radical (unpaired) electrons. The van der Waals surface area contributed by atoms with Gasteiger partial charge in [0, 0.05) is 10.9 Å². The van der Waals surface area contributed by atoms with Crippen LogP contribution in [0.15, 0.2) is 12.1 Å². The number of benzene rings is 1. The molecule has 0 amide bonds. The molecule has 0 spiro atoms. The third-order valence-electron chi connectivity index (χ3n) is 2.33. The first-order valence-electron chi connectivity index (χ1n) is 5.00. The second kappa shape index (κ2) is 6.34. The summed E-state index contributed by atoms with van der Waals surface area (Å²) in [6, 6.07) is 3.15. The number of ether oxygens (including phenoxy) is 2. The van der Waals surface area contributed by atoms with Gasteiger partial charge < -0.3 is 9.47 Å². The van der Waals surface area contributed by atoms with Gasteiger partial charge in [-0.1, -0.05) is 15.9 Å². The van der Waals surface area contributed by atoms with E-state index < -0.39 is 10.9 Å². The van der Waals surface area contributed by atoms with Gasteiger partial charge in [0.15, 0.2) is 5.75 Å². The summed E-state index contributed by atoms with van der Waals surface area (Å²) in [4.78, 5) is 21.7. The van der Waals surface area contributed by atoms with E-state index >= 15 is 0 Å². The molecule has 0 N–H and O–H groups in total. The molecule has 0 heterocycles. The summed E-state index contributed by atoms with van der Waals surface area (Å²) < 4.78 is 9.51. The van der Waals surface area contributed by atoms with Gasteiger partial charge in [0.25, 0.3) is 0 Å². The van der Waals surface area contributed by atoms with Gasteiger partial charge in [0.1, 0.15) is 0 Å². The molecule has 0 aromatic heterocycles. The van der Waals surface area contributed by atoms with Crippen LogP contribution in [0.2, 0.25) is 0 Å². The number of nitro groups is 1. The molecule has 0 bridgehead atoms. The lowest BCUT2D eigenvalue weighted by atomic mass is 10.1. The number of hydrogen-bond acceptors (Lipinski definition) is 5. The minimum Gasteiger partial charge on any atom is -0.490 e. The van der Waals surface area contributed by atoms with Gasteiger partial charge in [-0.05, 0) is 17.7 Å². The number of hydrogen-bond donors (Lipinski definition) is 0. The van der Waals surface area contributed by atoms with Gasteiger partial charge >= 0.3 is 11.7 Å². The maximum absolute atomic E-state index is 11.3. The van der Waals surface area contributed by atoms with Crippen LogP contribution in [-0.2, 0) is 21.3 Å². The van der Waals surface area contributed by atoms with Gasteiger partial charge in [-0.15, -0.1) is 0 Å². The van der Waals surface area contributed by atoms with Crippen LogP contribution in [0.4, 0.5) is 5.69 Å². The molecule has 0 saturated carbocycles. The SMILES string of the molecule is COC(=O)Cc1cc(CBr)cc(OC)c1[N+](=O)[O-]. The fourth-order valence-corrected chi connectivity index (χ4v) is 1.85. The lowest BCUT2D eigenvalue weighted by molar-refractivity contribution is -0.386. The normalized spacial score (nSPS) is 9.94. The number of nitrogens with zero attached hydrogens (tertiary/aromatic N) is 1. The van der Waals surface area contributed by atoms with E-state index in [0.29, 0.717) is 5.33 Å². The summed E-state index contributed by atoms with van der Waals surface area (Å²) >= 11 is 3.26. The quantitative estimate of drug-likeness (QED) is 0.360. The fourth-order valence-electron chi connectivity index (χ4n) is 1.53. The first-order chi connectivity index (χ1) is 8.53. The Morgan fingerprint density at radius 1 is 1.44 bits per heavy atom. The fraction of sp³-hybridized carbons (Fsp3) is 0.364. The van der Waals surface area contributed by atoms with Crippen LogP contribution < -0.4 is 4.74 Å². The topological polar surface area (TPSA) is 78.7 Å². The van der Waals surface area contributed by atoms with Crippen LogP contribution >= 0.6 is 15.9 Å². The Morgan fingerprint density at radius 3 is 2.56 bits per heavy atom. The van der Waals surface area contributed by atoms with Crippen molar-refractivity contribution in [2.75, 3.05) is 14.2 Å². The highest BCUT2D eigenvalue weighted by Gasteiger charge is 2.23. The summed E-state index contributed by atoms with van der Waals surface area (Å²) in [5.41, 5.74) is 0.865. The van der Waals surface area contributed by atoms with Gasteiger partial charge in [0.05, 0.1) is 25.6 Å². The smallest absolute Gasteiger partial charge is 0.314 e. The third-order valence-corrected chi connectivity index (χ3v) is 2.98. The maximum Gasteiger partial charge on any atom is 0.314 e. The van der Waals surface area contributed by atoms with Crippen molar-refractivity contribution >= 4 is 27.6 Å². The predicted octanol–water partition coefficient (Wildman–Crippen LogP) is 2.21. The Balaban J connectivity index is 3.34. The molecule has 0 fully saturated rings. The van der Waals surface area contributed by atoms with Crippen molar-refractivity contribution in [1.29, 1.82) is 0 Å². The van der Waals surface area contributed by atoms with Crippen molar-refractivity contribution in [3.8, 4) is 5.75 Å². The number of esters is 1. The van der Waals surface area contributed by atoms with Gasteiger partial charge in [-0.2, -0.15) is 0 Å². The Morgan fingerprint density at radius 2 is 2.11 bits per heavy atom. The first-order valence-corrected chi connectivity index (χ1v) is 6.12. The first kappa shape index (κ1) is 14.4. The lowest BCUT2D eigenvalue weighted by Crippen LogP contribution is -2.08. The monoisotopic (exact) mass is 317 g/mol. The molecule has 0 saturated heterocycles. The van der Waals surface area contributed by atoms with Gasteiger partial charge in [-0.25, -0.2) is 0 Å². The number of alkyl halides is 1. The molecule has 0 aliphatic heterocycles. The second-order valence-corrected chi connectivity index (χ2v) is 4.01. The highest BCUT2D eigenvalue weighted by Crippen LogP contribution is 2.33. The molecule has 1 aromatic rings. The number of carbonyl (C=O) groups excluding carboxylic acids is 1. The van der Waals surface area contributed by atoms with E-state index in [9.17, 15) is 14.9 Å². The Bertz CT molecular complexity index is 475. The summed E-state index contributed by atoms with van der Waals surface area (Å²) in [6.07, 6.45) is -0.163. The highest BCUT2D eigenvalue weighted by molar-refractivity contribution is 9.08. The molecule has 6 nitrogen and oxygen atoms in total. The summed E-state index contributed by atoms with van der Waals surface area (Å²) in [6.45, 7) is 0. The van der Waals surface area contributed by atoms with E-state index in [1.54, 1.807) is 12.1 Å². The number of halogens is 1. The highest BCUT2D eigenvalue weighted by atomic mass is 79.9. The van der Waals surface area contributed by atoms with Crippen molar-refractivity contribution in [1.82, 2.24) is 0 Å². The molecule has 0 unspecified atom stereocenters. The van der Waals surface area contributed by atoms with Crippen molar-refractivity contribution in [3.05, 3.63) is 33.4 Å². The number of carbonyl (C=O) groups is 1. The Labute approximate surface area is 112 Å². The zero-order valence-electron chi connectivity index (χ0n) is 9.94. The van der Waals surface area contributed by atoms with Crippen LogP contribution in [0.3, 0.4) is 0 Å². The minimum atomic E-state index is -0.560. The Kier molecular flexibility index (Phi) is 5.08. The Hall–Kier alpha value is -1.63. The van der Waals surface area contributed by atoms with Crippen LogP contribution in [0.5, 0.6) is 5.75 Å². The molecule has 0 aliphatic carbocycles. The second-order valence-electron chi connectivity index (χ2n) is 3.45. The minimum absolute atomic E-state index is 0.135. The van der Waals surface area contributed by atoms with E-state index in [4.69, 9.17) is 4.74 Å². The molecule has 18 heavy (non-hydrogen) atoms. The molecular weight excluding hydrogens is 306 g/mol. The standard InChI is InChI=1S/C11H12BrNO5/c1-17-9-4-7(6-12)3-8(5-10(14)18-2)11(9)13(15)16/h3-4H,5-6H2,1-2H3. The molecular formula is C11H12BrNO5. The number of rotatable bonds is 5. The predicted molar refractivity (Wildman–Crippen MR) is 68.0 cm³/mol. The van der Waals surface area contributed by atoms with Crippen molar-refractivity contribution < 1.29 is 19.2 Å². The van der Waals surface area contributed by atoms with Crippen molar-refractivity contribution in [3.63, 3.8) is 0 Å². The van der Waals surface area contributed by atoms with Crippen molar-refractivity contribution in [2.45, 2.75) is 11.8 Å². The van der Waals surface area contributed by atoms with Gasteiger partial charge in [0.2, 0.25) is 0 Å². The van der Waals surface area contributed by atoms with Crippen LogP contribution in [0.1, 0.15) is 11.1 Å². The van der Waals surface area contributed by atoms with Crippen molar-refractivity contribution in [2.24, 2.45) is 0 Å². The van der Waals surface area contributed by atoms with E-state index in [2.05, 4.69) is 20.7 Å². The third kappa shape index (κ3) is 3.19. The molecule has 0 atom stereocenters. The average molecular weight is 318 g/mol. The number of nitro benzene ring substituents is 1. The molecule has 7 heteroatoms. The summed E-state index contributed by atoms with van der Waals surface area (Å²) in [5.74, 6) is -0.400. The average Bonchev–Trinajstić information content (AvgIpc) is 2.36. The molecule has 0 aliphatic rings. The maximum atomic E-state index is 11.3. The molecule has 1 aromatic carbocycles. The number of methoxy groups -OCH3 is 2. The van der Waals surface area contributed by atoms with E-state index in [0.717, 1.165) is 5.56 Å². The zero-order valence-corrected chi connectivity index (χ0v) is 11.5. The summed E-state index contributed by atoms with van der Waals surface area (Å²) in [5, 5.41) is 11.5. The van der Waals surface area contributed by atoms with Crippen LogP contribution in [0.25, 0.3) is 0 Å². The summed E-state index contributed by atoms with van der Waals surface area (Å²) in [7, 11) is 2.59. The van der Waals surface area contributed by atoms with Gasteiger partial charge in [-0.3, -0.25) is 14.9 Å². The van der Waals surface area contributed by atoms with Crippen LogP contribution in [0, 0.1) is 10.1 Å². The largest absolute Gasteiger partial charge is 0.490 e.